The summed E-state index contributed by atoms with van der Waals surface area (Å²) in [5.41, 5.74) is 7.88. The molecule has 1 fully saturated rings. The van der Waals surface area contributed by atoms with Crippen molar-refractivity contribution in [3.8, 4) is 11.3 Å². The third-order valence-corrected chi connectivity index (χ3v) is 5.46. The van der Waals surface area contributed by atoms with Crippen LogP contribution in [0.3, 0.4) is 0 Å². The zero-order valence-electron chi connectivity index (χ0n) is 12.3. The van der Waals surface area contributed by atoms with E-state index in [-0.39, 0.29) is 0 Å². The monoisotopic (exact) mass is 324 g/mol. The van der Waals surface area contributed by atoms with Crippen LogP contribution >= 0.6 is 22.9 Å². The van der Waals surface area contributed by atoms with Gasteiger partial charge in [-0.25, -0.2) is 4.98 Å². The molecular weight excluding hydrogens is 304 g/mol. The second kappa shape index (κ2) is 6.29. The molecule has 0 spiro atoms. The molecule has 3 heterocycles. The molecule has 2 atom stereocenters. The van der Waals surface area contributed by atoms with E-state index in [1.54, 1.807) is 11.3 Å². The van der Waals surface area contributed by atoms with Crippen LogP contribution in [-0.4, -0.2) is 28.6 Å². The molecule has 0 saturated carbocycles. The molecule has 1 aliphatic rings. The summed E-state index contributed by atoms with van der Waals surface area (Å²) < 4.78 is 10.0. The molecule has 0 amide bonds. The zero-order valence-corrected chi connectivity index (χ0v) is 13.9. The minimum atomic E-state index is 0.368. The third-order valence-electron chi connectivity index (χ3n) is 3.87. The first-order valence-electron chi connectivity index (χ1n) is 7.22. The van der Waals surface area contributed by atoms with E-state index in [0.717, 1.165) is 47.3 Å². The predicted octanol–water partition coefficient (Wildman–Crippen LogP) is 3.38. The second-order valence-corrected chi connectivity index (χ2v) is 7.11. The van der Waals surface area contributed by atoms with Gasteiger partial charge in [0.05, 0.1) is 22.4 Å². The minimum absolute atomic E-state index is 0.368. The van der Waals surface area contributed by atoms with Crippen molar-refractivity contribution in [1.29, 1.82) is 0 Å². The lowest BCUT2D eigenvalue weighted by Gasteiger charge is -2.17. The van der Waals surface area contributed by atoms with E-state index in [2.05, 4.69) is 21.6 Å². The molecule has 2 aromatic heterocycles. The SMILES string of the molecule is CCC1OCCC1CNc1snc(N)c1-c1csc(C)n1. The molecule has 1 aliphatic heterocycles. The maximum Gasteiger partial charge on any atom is 0.148 e. The highest BCUT2D eigenvalue weighted by Gasteiger charge is 2.27. The van der Waals surface area contributed by atoms with E-state index in [1.807, 2.05) is 12.3 Å². The van der Waals surface area contributed by atoms with Crippen LogP contribution in [-0.2, 0) is 4.74 Å². The van der Waals surface area contributed by atoms with Crippen molar-refractivity contribution in [2.75, 3.05) is 24.2 Å². The lowest BCUT2D eigenvalue weighted by atomic mass is 10.00. The number of hydrogen-bond acceptors (Lipinski definition) is 7. The standard InChI is InChI=1S/C14H20N4OS2/c1-3-11-9(4-5-19-11)6-16-14-12(13(15)18-21-14)10-7-20-8(2)17-10/h7,9,11,16H,3-6H2,1-2H3,(H2,15,18). The van der Waals surface area contributed by atoms with Crippen molar-refractivity contribution in [3.05, 3.63) is 10.4 Å². The van der Waals surface area contributed by atoms with E-state index in [1.165, 1.54) is 11.5 Å². The van der Waals surface area contributed by atoms with E-state index < -0.39 is 0 Å². The Morgan fingerprint density at radius 2 is 2.38 bits per heavy atom. The molecule has 1 saturated heterocycles. The highest BCUT2D eigenvalue weighted by Crippen LogP contribution is 2.37. The Balaban J connectivity index is 1.74. The average molecular weight is 324 g/mol. The number of thiazole rings is 1. The first kappa shape index (κ1) is 14.7. The highest BCUT2D eigenvalue weighted by atomic mass is 32.1. The Morgan fingerprint density at radius 3 is 3.10 bits per heavy atom. The quantitative estimate of drug-likeness (QED) is 0.882. The Hall–Kier alpha value is -1.18. The van der Waals surface area contributed by atoms with Gasteiger partial charge in [-0.05, 0) is 31.3 Å². The number of ether oxygens (including phenoxy) is 1. The molecule has 21 heavy (non-hydrogen) atoms. The first-order valence-corrected chi connectivity index (χ1v) is 8.87. The van der Waals surface area contributed by atoms with Gasteiger partial charge in [-0.2, -0.15) is 4.37 Å². The van der Waals surface area contributed by atoms with Gasteiger partial charge < -0.3 is 15.8 Å². The number of nitrogens with zero attached hydrogens (tertiary/aromatic N) is 2. The molecular formula is C14H20N4OS2. The van der Waals surface area contributed by atoms with Crippen LogP contribution in [0.1, 0.15) is 24.8 Å². The van der Waals surface area contributed by atoms with Crippen molar-refractivity contribution >= 4 is 33.7 Å². The van der Waals surface area contributed by atoms with Crippen LogP contribution in [0.15, 0.2) is 5.38 Å². The number of nitrogens with two attached hydrogens (primary N) is 1. The van der Waals surface area contributed by atoms with Crippen molar-refractivity contribution in [2.45, 2.75) is 32.8 Å². The van der Waals surface area contributed by atoms with Gasteiger partial charge in [0, 0.05) is 24.4 Å². The third kappa shape index (κ3) is 3.04. The van der Waals surface area contributed by atoms with Crippen LogP contribution in [0.25, 0.3) is 11.3 Å². The van der Waals surface area contributed by atoms with E-state index >= 15 is 0 Å². The van der Waals surface area contributed by atoms with Gasteiger partial charge in [-0.3, -0.25) is 0 Å². The lowest BCUT2D eigenvalue weighted by Crippen LogP contribution is -2.22. The van der Waals surface area contributed by atoms with Crippen molar-refractivity contribution in [2.24, 2.45) is 5.92 Å². The van der Waals surface area contributed by atoms with Gasteiger partial charge in [-0.15, -0.1) is 11.3 Å². The normalized spacial score (nSPS) is 21.8. The summed E-state index contributed by atoms with van der Waals surface area (Å²) in [6.45, 7) is 5.94. The number of rotatable bonds is 5. The molecule has 3 rings (SSSR count). The molecule has 114 valence electrons. The van der Waals surface area contributed by atoms with Crippen LogP contribution < -0.4 is 11.1 Å². The Bertz CT molecular complexity index is 610. The van der Waals surface area contributed by atoms with E-state index in [9.17, 15) is 0 Å². The number of aryl methyl sites for hydroxylation is 1. The van der Waals surface area contributed by atoms with E-state index in [4.69, 9.17) is 10.5 Å². The summed E-state index contributed by atoms with van der Waals surface area (Å²) >= 11 is 3.04. The van der Waals surface area contributed by atoms with Gasteiger partial charge >= 0.3 is 0 Å². The molecule has 0 aliphatic carbocycles. The Labute approximate surface area is 132 Å². The molecule has 0 radical (unpaired) electrons. The number of anilines is 2. The maximum atomic E-state index is 6.02. The fourth-order valence-corrected chi connectivity index (χ4v) is 4.08. The highest BCUT2D eigenvalue weighted by molar-refractivity contribution is 7.11. The van der Waals surface area contributed by atoms with Gasteiger partial charge in [-0.1, -0.05) is 6.92 Å². The molecule has 0 bridgehead atoms. The van der Waals surface area contributed by atoms with Gasteiger partial charge in [0.1, 0.15) is 10.8 Å². The van der Waals surface area contributed by atoms with E-state index in [0.29, 0.717) is 17.8 Å². The fourth-order valence-electron chi connectivity index (χ4n) is 2.75. The van der Waals surface area contributed by atoms with Crippen molar-refractivity contribution < 1.29 is 4.74 Å². The van der Waals surface area contributed by atoms with Crippen LogP contribution in [0.5, 0.6) is 0 Å². The number of nitrogens with one attached hydrogen (secondary N) is 1. The maximum absolute atomic E-state index is 6.02. The molecule has 3 N–H and O–H groups in total. The summed E-state index contributed by atoms with van der Waals surface area (Å²) in [7, 11) is 0. The van der Waals surface area contributed by atoms with Crippen LogP contribution in [0.4, 0.5) is 10.8 Å². The lowest BCUT2D eigenvalue weighted by molar-refractivity contribution is 0.0900. The van der Waals surface area contributed by atoms with Crippen LogP contribution in [0.2, 0.25) is 0 Å². The van der Waals surface area contributed by atoms with Gasteiger partial charge in [0.15, 0.2) is 0 Å². The summed E-state index contributed by atoms with van der Waals surface area (Å²) in [5, 5.41) is 7.60. The first-order chi connectivity index (χ1) is 10.2. The van der Waals surface area contributed by atoms with Gasteiger partial charge in [0.2, 0.25) is 0 Å². The summed E-state index contributed by atoms with van der Waals surface area (Å²) in [6.07, 6.45) is 2.55. The smallest absolute Gasteiger partial charge is 0.148 e. The summed E-state index contributed by atoms with van der Waals surface area (Å²) in [4.78, 5) is 4.53. The Kier molecular flexibility index (Phi) is 4.42. The Morgan fingerprint density at radius 1 is 1.52 bits per heavy atom. The van der Waals surface area contributed by atoms with Crippen molar-refractivity contribution in [1.82, 2.24) is 9.36 Å². The summed E-state index contributed by atoms with van der Waals surface area (Å²) in [6, 6.07) is 0. The molecule has 0 aromatic carbocycles. The molecule has 5 nitrogen and oxygen atoms in total. The van der Waals surface area contributed by atoms with Crippen molar-refractivity contribution in [3.63, 3.8) is 0 Å². The second-order valence-electron chi connectivity index (χ2n) is 5.27. The minimum Gasteiger partial charge on any atom is -0.382 e. The van der Waals surface area contributed by atoms with Crippen LogP contribution in [0, 0.1) is 12.8 Å². The average Bonchev–Trinajstić information content (AvgIpc) is 3.16. The molecule has 7 heteroatoms. The molecule has 2 unspecified atom stereocenters. The largest absolute Gasteiger partial charge is 0.382 e. The molecule has 2 aromatic rings. The fraction of sp³-hybridized carbons (Fsp3) is 0.571. The number of hydrogen-bond donors (Lipinski definition) is 2. The summed E-state index contributed by atoms with van der Waals surface area (Å²) in [5.74, 6) is 1.12. The number of aromatic nitrogens is 2. The zero-order chi connectivity index (χ0) is 14.8. The topological polar surface area (TPSA) is 73.1 Å². The predicted molar refractivity (Wildman–Crippen MR) is 89.0 cm³/mol. The number of nitrogen functional groups attached to an aromatic ring is 1. The van der Waals surface area contributed by atoms with Gasteiger partial charge in [0.25, 0.3) is 0 Å².